The summed E-state index contributed by atoms with van der Waals surface area (Å²) in [5.74, 6) is 0. The molecule has 2 rings (SSSR count). The van der Waals surface area contributed by atoms with Crippen LogP contribution in [0.4, 0.5) is 0 Å². The number of halogens is 2. The van der Waals surface area contributed by atoms with Crippen molar-refractivity contribution in [3.63, 3.8) is 0 Å². The minimum Gasteiger partial charge on any atom is -0.320 e. The van der Waals surface area contributed by atoms with E-state index in [-0.39, 0.29) is 11.5 Å². The molecule has 0 aromatic heterocycles. The van der Waals surface area contributed by atoms with Crippen LogP contribution in [0, 0.1) is 0 Å². The van der Waals surface area contributed by atoms with Crippen molar-refractivity contribution in [1.82, 2.24) is 0 Å². The molecule has 0 amide bonds. The summed E-state index contributed by atoms with van der Waals surface area (Å²) < 4.78 is 0.985. The van der Waals surface area contributed by atoms with Crippen molar-refractivity contribution >= 4 is 27.5 Å². The van der Waals surface area contributed by atoms with Gasteiger partial charge in [-0.15, -0.1) is 0 Å². The first-order valence-corrected chi connectivity index (χ1v) is 7.77. The van der Waals surface area contributed by atoms with E-state index < -0.39 is 0 Å². The first kappa shape index (κ1) is 15.6. The predicted molar refractivity (Wildman–Crippen MR) is 90.3 cm³/mol. The Balaban J connectivity index is 2.34. The standard InChI is InChI=1S/C17H19BrClN/c1-17(2,3)12-6-4-11(5-7-12)16(20)14-10-13(18)8-9-15(14)19/h4-10,16H,20H2,1-3H3. The molecule has 3 heteroatoms. The summed E-state index contributed by atoms with van der Waals surface area (Å²) in [5.41, 5.74) is 9.79. The lowest BCUT2D eigenvalue weighted by Gasteiger charge is -2.21. The fourth-order valence-electron chi connectivity index (χ4n) is 2.12. The molecule has 1 nitrogen and oxygen atoms in total. The molecule has 0 aliphatic heterocycles. The van der Waals surface area contributed by atoms with E-state index in [2.05, 4.69) is 61.0 Å². The molecule has 2 aromatic carbocycles. The highest BCUT2D eigenvalue weighted by Crippen LogP contribution is 2.30. The molecule has 0 saturated heterocycles. The van der Waals surface area contributed by atoms with Crippen LogP contribution >= 0.6 is 27.5 Å². The average Bonchev–Trinajstić information content (AvgIpc) is 2.40. The Labute approximate surface area is 134 Å². The fraction of sp³-hybridized carbons (Fsp3) is 0.294. The minimum absolute atomic E-state index is 0.149. The van der Waals surface area contributed by atoms with Gasteiger partial charge >= 0.3 is 0 Å². The monoisotopic (exact) mass is 351 g/mol. The molecule has 0 fully saturated rings. The van der Waals surface area contributed by atoms with Gasteiger partial charge < -0.3 is 5.73 Å². The first-order chi connectivity index (χ1) is 9.29. The third-order valence-electron chi connectivity index (χ3n) is 3.43. The fourth-order valence-corrected chi connectivity index (χ4v) is 2.74. The van der Waals surface area contributed by atoms with Gasteiger partial charge in [-0.25, -0.2) is 0 Å². The highest BCUT2D eigenvalue weighted by Gasteiger charge is 2.16. The van der Waals surface area contributed by atoms with E-state index in [1.807, 2.05) is 18.2 Å². The molecule has 0 bridgehead atoms. The minimum atomic E-state index is -0.214. The summed E-state index contributed by atoms with van der Waals surface area (Å²) in [7, 11) is 0. The molecular formula is C17H19BrClN. The topological polar surface area (TPSA) is 26.0 Å². The maximum atomic E-state index is 6.34. The van der Waals surface area contributed by atoms with E-state index in [1.54, 1.807) is 0 Å². The number of hydrogen-bond acceptors (Lipinski definition) is 1. The largest absolute Gasteiger partial charge is 0.320 e. The summed E-state index contributed by atoms with van der Waals surface area (Å²) in [6.07, 6.45) is 0. The molecule has 0 spiro atoms. The first-order valence-electron chi connectivity index (χ1n) is 6.60. The van der Waals surface area contributed by atoms with Gasteiger partial charge in [-0.3, -0.25) is 0 Å². The smallest absolute Gasteiger partial charge is 0.0566 e. The quantitative estimate of drug-likeness (QED) is 0.764. The van der Waals surface area contributed by atoms with Crippen LogP contribution in [0.25, 0.3) is 0 Å². The van der Waals surface area contributed by atoms with E-state index >= 15 is 0 Å². The van der Waals surface area contributed by atoms with Crippen molar-refractivity contribution in [1.29, 1.82) is 0 Å². The van der Waals surface area contributed by atoms with Gasteiger partial charge in [0.15, 0.2) is 0 Å². The average molecular weight is 353 g/mol. The Morgan fingerprint density at radius 3 is 2.20 bits per heavy atom. The maximum Gasteiger partial charge on any atom is 0.0566 e. The normalized spacial score (nSPS) is 13.3. The second-order valence-electron chi connectivity index (χ2n) is 6.02. The molecule has 106 valence electrons. The van der Waals surface area contributed by atoms with Crippen LogP contribution in [0.1, 0.15) is 43.5 Å². The van der Waals surface area contributed by atoms with Crippen LogP contribution in [-0.2, 0) is 5.41 Å². The van der Waals surface area contributed by atoms with Crippen LogP contribution in [0.2, 0.25) is 5.02 Å². The third-order valence-corrected chi connectivity index (χ3v) is 4.27. The lowest BCUT2D eigenvalue weighted by atomic mass is 9.86. The molecule has 0 heterocycles. The van der Waals surface area contributed by atoms with Crippen molar-refractivity contribution in [2.45, 2.75) is 32.2 Å². The molecule has 20 heavy (non-hydrogen) atoms. The van der Waals surface area contributed by atoms with Gasteiger partial charge in [-0.2, -0.15) is 0 Å². The van der Waals surface area contributed by atoms with E-state index in [4.69, 9.17) is 17.3 Å². The zero-order valence-electron chi connectivity index (χ0n) is 12.0. The van der Waals surface area contributed by atoms with Gasteiger partial charge in [0.1, 0.15) is 0 Å². The molecule has 1 atom stereocenters. The number of nitrogens with two attached hydrogens (primary N) is 1. The molecule has 0 saturated carbocycles. The molecule has 2 aromatic rings. The highest BCUT2D eigenvalue weighted by molar-refractivity contribution is 9.10. The van der Waals surface area contributed by atoms with E-state index in [0.29, 0.717) is 5.02 Å². The van der Waals surface area contributed by atoms with Gasteiger partial charge in [0.25, 0.3) is 0 Å². The van der Waals surface area contributed by atoms with Crippen LogP contribution in [0.5, 0.6) is 0 Å². The zero-order chi connectivity index (χ0) is 14.9. The van der Waals surface area contributed by atoms with Crippen molar-refractivity contribution in [2.75, 3.05) is 0 Å². The van der Waals surface area contributed by atoms with Gasteiger partial charge in [0.2, 0.25) is 0 Å². The summed E-state index contributed by atoms with van der Waals surface area (Å²) in [5, 5.41) is 0.695. The zero-order valence-corrected chi connectivity index (χ0v) is 14.3. The molecular weight excluding hydrogens is 334 g/mol. The number of benzene rings is 2. The lowest BCUT2D eigenvalue weighted by molar-refractivity contribution is 0.589. The third kappa shape index (κ3) is 3.43. The SMILES string of the molecule is CC(C)(C)c1ccc(C(N)c2cc(Br)ccc2Cl)cc1. The van der Waals surface area contributed by atoms with E-state index in [0.717, 1.165) is 15.6 Å². The summed E-state index contributed by atoms with van der Waals surface area (Å²) in [6.45, 7) is 6.60. The molecule has 1 unspecified atom stereocenters. The Hall–Kier alpha value is -0.830. The van der Waals surface area contributed by atoms with Crippen molar-refractivity contribution in [3.8, 4) is 0 Å². The van der Waals surface area contributed by atoms with Crippen LogP contribution in [0.15, 0.2) is 46.9 Å². The second-order valence-corrected chi connectivity index (χ2v) is 7.34. The van der Waals surface area contributed by atoms with E-state index in [1.165, 1.54) is 5.56 Å². The lowest BCUT2D eigenvalue weighted by Crippen LogP contribution is -2.14. The Morgan fingerprint density at radius 2 is 1.65 bits per heavy atom. The van der Waals surface area contributed by atoms with Crippen LogP contribution in [-0.4, -0.2) is 0 Å². The Kier molecular flexibility index (Phi) is 4.58. The van der Waals surface area contributed by atoms with Gasteiger partial charge in [-0.1, -0.05) is 72.6 Å². The van der Waals surface area contributed by atoms with Crippen molar-refractivity contribution in [3.05, 3.63) is 68.7 Å². The van der Waals surface area contributed by atoms with Crippen LogP contribution < -0.4 is 5.73 Å². The maximum absolute atomic E-state index is 6.34. The van der Waals surface area contributed by atoms with Crippen molar-refractivity contribution < 1.29 is 0 Å². The molecule has 2 N–H and O–H groups in total. The van der Waals surface area contributed by atoms with Crippen molar-refractivity contribution in [2.24, 2.45) is 5.73 Å². The van der Waals surface area contributed by atoms with Gasteiger partial charge in [-0.05, 0) is 40.3 Å². The number of hydrogen-bond donors (Lipinski definition) is 1. The summed E-state index contributed by atoms with van der Waals surface area (Å²) >= 11 is 9.70. The van der Waals surface area contributed by atoms with Gasteiger partial charge in [0.05, 0.1) is 6.04 Å². The summed E-state index contributed by atoms with van der Waals surface area (Å²) in [4.78, 5) is 0. The molecule has 0 aliphatic carbocycles. The van der Waals surface area contributed by atoms with Gasteiger partial charge in [0, 0.05) is 9.50 Å². The molecule has 0 aliphatic rings. The van der Waals surface area contributed by atoms with E-state index in [9.17, 15) is 0 Å². The van der Waals surface area contributed by atoms with Crippen LogP contribution in [0.3, 0.4) is 0 Å². The Morgan fingerprint density at radius 1 is 1.05 bits per heavy atom. The number of rotatable bonds is 2. The second kappa shape index (κ2) is 5.88. The Bertz CT molecular complexity index is 599. The predicted octanol–water partition coefficient (Wildman–Crippen LogP) is 5.45. The highest BCUT2D eigenvalue weighted by atomic mass is 79.9. The molecule has 0 radical (unpaired) electrons. The summed E-state index contributed by atoms with van der Waals surface area (Å²) in [6, 6.07) is 14.0.